The van der Waals surface area contributed by atoms with Crippen LogP contribution < -0.4 is 5.32 Å². The van der Waals surface area contributed by atoms with E-state index in [2.05, 4.69) is 23.5 Å². The van der Waals surface area contributed by atoms with Crippen molar-refractivity contribution in [3.63, 3.8) is 0 Å². The van der Waals surface area contributed by atoms with E-state index in [-0.39, 0.29) is 11.9 Å². The summed E-state index contributed by atoms with van der Waals surface area (Å²) in [5, 5.41) is 12.8. The molecule has 3 rings (SSSR count). The summed E-state index contributed by atoms with van der Waals surface area (Å²) in [4.78, 5) is 24.2. The minimum Gasteiger partial charge on any atom is -0.481 e. The van der Waals surface area contributed by atoms with Crippen LogP contribution in [0.4, 0.5) is 0 Å². The molecule has 1 aliphatic heterocycles. The van der Waals surface area contributed by atoms with Crippen molar-refractivity contribution < 1.29 is 19.4 Å². The highest BCUT2D eigenvalue weighted by Crippen LogP contribution is 2.44. The smallest absolute Gasteiger partial charge is 0.311 e. The Hall–Kier alpha value is -1.98. The number of hydrogen-bond acceptors (Lipinski definition) is 4. The van der Waals surface area contributed by atoms with Gasteiger partial charge < -0.3 is 15.2 Å². The molecule has 1 aliphatic carbocycles. The van der Waals surface area contributed by atoms with E-state index in [9.17, 15) is 14.7 Å². The first kappa shape index (κ1) is 18.8. The first-order valence-corrected chi connectivity index (χ1v) is 9.20. The standard InChI is InChI=1S/C21H27NO4/c1-13-4-5-14(2)16(10-13)17-12-22-21(8-6-15(26-3)7-9-21)20(17)18(23)11-19(24)25/h4-5,10,15,22H,6-9,11-12H2,1-3H3,(H,24,25). The Morgan fingerprint density at radius 2 is 1.96 bits per heavy atom. The van der Waals surface area contributed by atoms with Gasteiger partial charge in [0.25, 0.3) is 0 Å². The first-order valence-electron chi connectivity index (χ1n) is 9.20. The summed E-state index contributed by atoms with van der Waals surface area (Å²) in [6, 6.07) is 6.21. The zero-order valence-corrected chi connectivity index (χ0v) is 15.7. The molecule has 1 saturated carbocycles. The molecule has 0 amide bonds. The van der Waals surface area contributed by atoms with Crippen LogP contribution >= 0.6 is 0 Å². The average Bonchev–Trinajstić information content (AvgIpc) is 2.96. The Labute approximate surface area is 154 Å². The molecule has 2 N–H and O–H groups in total. The van der Waals surface area contributed by atoms with Crippen LogP contribution in [0.3, 0.4) is 0 Å². The molecule has 26 heavy (non-hydrogen) atoms. The van der Waals surface area contributed by atoms with Crippen LogP contribution in [0.15, 0.2) is 23.8 Å². The molecule has 5 heteroatoms. The molecular weight excluding hydrogens is 330 g/mol. The van der Waals surface area contributed by atoms with Gasteiger partial charge in [-0.05, 0) is 56.2 Å². The zero-order valence-electron chi connectivity index (χ0n) is 15.7. The van der Waals surface area contributed by atoms with E-state index in [1.807, 2.05) is 13.8 Å². The van der Waals surface area contributed by atoms with Crippen molar-refractivity contribution in [2.45, 2.75) is 57.6 Å². The quantitative estimate of drug-likeness (QED) is 0.792. The molecule has 5 nitrogen and oxygen atoms in total. The number of aliphatic carboxylic acids is 1. The number of carbonyl (C=O) groups is 2. The normalized spacial score (nSPS) is 25.7. The van der Waals surface area contributed by atoms with Crippen LogP contribution in [0.2, 0.25) is 0 Å². The average molecular weight is 357 g/mol. The highest BCUT2D eigenvalue weighted by Gasteiger charge is 2.46. The number of ketones is 1. The monoisotopic (exact) mass is 357 g/mol. The summed E-state index contributed by atoms with van der Waals surface area (Å²) < 4.78 is 5.48. The van der Waals surface area contributed by atoms with Gasteiger partial charge in [0.15, 0.2) is 5.78 Å². The van der Waals surface area contributed by atoms with Crippen LogP contribution in [-0.4, -0.2) is 42.2 Å². The van der Waals surface area contributed by atoms with E-state index in [0.717, 1.165) is 47.9 Å². The van der Waals surface area contributed by atoms with Crippen molar-refractivity contribution in [1.29, 1.82) is 0 Å². The van der Waals surface area contributed by atoms with Crippen molar-refractivity contribution in [2.24, 2.45) is 0 Å². The molecule has 1 heterocycles. The summed E-state index contributed by atoms with van der Waals surface area (Å²) in [7, 11) is 1.72. The van der Waals surface area contributed by atoms with Gasteiger partial charge in [-0.1, -0.05) is 23.8 Å². The Bertz CT molecular complexity index is 757. The molecule has 0 atom stereocenters. The molecule has 0 saturated heterocycles. The van der Waals surface area contributed by atoms with E-state index in [0.29, 0.717) is 12.1 Å². The largest absolute Gasteiger partial charge is 0.481 e. The fourth-order valence-electron chi connectivity index (χ4n) is 4.42. The van der Waals surface area contributed by atoms with Gasteiger partial charge in [0.05, 0.1) is 6.10 Å². The molecule has 0 radical (unpaired) electrons. The van der Waals surface area contributed by atoms with Crippen molar-refractivity contribution in [3.8, 4) is 0 Å². The number of ether oxygens (including phenoxy) is 1. The molecule has 140 valence electrons. The minimum atomic E-state index is -1.07. The molecule has 1 fully saturated rings. The highest BCUT2D eigenvalue weighted by atomic mass is 16.5. The third-order valence-corrected chi connectivity index (χ3v) is 5.81. The van der Waals surface area contributed by atoms with Crippen molar-refractivity contribution in [3.05, 3.63) is 40.5 Å². The SMILES string of the molecule is COC1CCC2(CC1)NCC(c1cc(C)ccc1C)=C2C(=O)CC(=O)O. The number of carbonyl (C=O) groups excluding carboxylic acids is 1. The first-order chi connectivity index (χ1) is 12.4. The van der Waals surface area contributed by atoms with Crippen LogP contribution in [0.1, 0.15) is 48.8 Å². The van der Waals surface area contributed by atoms with Gasteiger partial charge in [-0.15, -0.1) is 0 Å². The molecule has 1 aromatic rings. The number of aryl methyl sites for hydroxylation is 2. The zero-order chi connectivity index (χ0) is 18.9. The number of hydrogen-bond donors (Lipinski definition) is 2. The number of carboxylic acid groups (broad SMARTS) is 1. The third kappa shape index (κ3) is 3.46. The number of carboxylic acids is 1. The second kappa shape index (κ2) is 7.33. The van der Waals surface area contributed by atoms with E-state index in [4.69, 9.17) is 4.74 Å². The fourth-order valence-corrected chi connectivity index (χ4v) is 4.42. The van der Waals surface area contributed by atoms with Crippen LogP contribution in [0, 0.1) is 13.8 Å². The maximum atomic E-state index is 13.0. The molecule has 0 bridgehead atoms. The molecular formula is C21H27NO4. The summed E-state index contributed by atoms with van der Waals surface area (Å²) in [6.45, 7) is 4.67. The van der Waals surface area contributed by atoms with Gasteiger partial charge in [0.1, 0.15) is 6.42 Å². The Morgan fingerprint density at radius 3 is 2.58 bits per heavy atom. The number of Topliss-reactive ketones (excluding diaryl/α,β-unsaturated/α-hetero) is 1. The summed E-state index contributed by atoms with van der Waals surface area (Å²) in [5.74, 6) is -1.34. The second-order valence-electron chi connectivity index (χ2n) is 7.54. The Morgan fingerprint density at radius 1 is 1.27 bits per heavy atom. The topological polar surface area (TPSA) is 75.6 Å². The minimum absolute atomic E-state index is 0.211. The Balaban J connectivity index is 2.07. The van der Waals surface area contributed by atoms with Gasteiger partial charge in [0.2, 0.25) is 0 Å². The third-order valence-electron chi connectivity index (χ3n) is 5.81. The number of rotatable bonds is 5. The van der Waals surface area contributed by atoms with E-state index in [1.54, 1.807) is 7.11 Å². The van der Waals surface area contributed by atoms with E-state index in [1.165, 1.54) is 0 Å². The van der Waals surface area contributed by atoms with Gasteiger partial charge in [0, 0.05) is 24.8 Å². The lowest BCUT2D eigenvalue weighted by molar-refractivity contribution is -0.139. The molecule has 0 unspecified atom stereocenters. The van der Waals surface area contributed by atoms with Gasteiger partial charge in [-0.2, -0.15) is 0 Å². The van der Waals surface area contributed by atoms with Gasteiger partial charge in [-0.3, -0.25) is 9.59 Å². The van der Waals surface area contributed by atoms with Gasteiger partial charge in [-0.25, -0.2) is 0 Å². The van der Waals surface area contributed by atoms with Crippen LogP contribution in [0.5, 0.6) is 0 Å². The predicted molar refractivity (Wildman–Crippen MR) is 100 cm³/mol. The van der Waals surface area contributed by atoms with E-state index < -0.39 is 17.9 Å². The maximum Gasteiger partial charge on any atom is 0.311 e. The molecule has 2 aliphatic rings. The lowest BCUT2D eigenvalue weighted by Gasteiger charge is -2.39. The fraction of sp³-hybridized carbons (Fsp3) is 0.524. The molecule has 0 aromatic heterocycles. The highest BCUT2D eigenvalue weighted by molar-refractivity contribution is 6.12. The predicted octanol–water partition coefficient (Wildman–Crippen LogP) is 3.03. The van der Waals surface area contributed by atoms with E-state index >= 15 is 0 Å². The lowest BCUT2D eigenvalue weighted by atomic mass is 9.73. The van der Waals surface area contributed by atoms with Gasteiger partial charge >= 0.3 is 5.97 Å². The van der Waals surface area contributed by atoms with Crippen molar-refractivity contribution in [2.75, 3.05) is 13.7 Å². The lowest BCUT2D eigenvalue weighted by Crippen LogP contribution is -2.48. The number of benzene rings is 1. The van der Waals surface area contributed by atoms with Crippen LogP contribution in [-0.2, 0) is 14.3 Å². The van der Waals surface area contributed by atoms with Crippen LogP contribution in [0.25, 0.3) is 5.57 Å². The maximum absolute atomic E-state index is 13.0. The summed E-state index contributed by atoms with van der Waals surface area (Å²) >= 11 is 0. The van der Waals surface area contributed by atoms with Crippen molar-refractivity contribution in [1.82, 2.24) is 5.32 Å². The summed E-state index contributed by atoms with van der Waals surface area (Å²) in [6.07, 6.45) is 3.08. The molecule has 1 aromatic carbocycles. The summed E-state index contributed by atoms with van der Waals surface area (Å²) in [5.41, 5.74) is 4.52. The number of nitrogens with one attached hydrogen (secondary N) is 1. The Kier molecular flexibility index (Phi) is 5.30. The van der Waals surface area contributed by atoms with Crippen molar-refractivity contribution >= 4 is 17.3 Å². The second-order valence-corrected chi connectivity index (χ2v) is 7.54. The molecule has 1 spiro atoms. The number of methoxy groups -OCH3 is 1.